The standard InChI is InChI=1S/C15H20N2O3/c1-9(2)12-7-11(5-6-13(12)16)8-14(15(19)20-4)17-10(3)18/h5-9H,16H2,1-4H3,(H,17,18)/b14-8-. The normalized spacial score (nSPS) is 11.3. The van der Waals surface area contributed by atoms with Crippen molar-refractivity contribution in [3.63, 3.8) is 0 Å². The molecule has 0 atom stereocenters. The summed E-state index contributed by atoms with van der Waals surface area (Å²) in [7, 11) is 1.26. The summed E-state index contributed by atoms with van der Waals surface area (Å²) in [5, 5.41) is 2.46. The minimum atomic E-state index is -0.594. The molecule has 0 spiro atoms. The summed E-state index contributed by atoms with van der Waals surface area (Å²) in [5.41, 5.74) is 8.47. The second-order valence-corrected chi connectivity index (χ2v) is 4.77. The number of anilines is 1. The van der Waals surface area contributed by atoms with Gasteiger partial charge in [-0.15, -0.1) is 0 Å². The van der Waals surface area contributed by atoms with Crippen LogP contribution in [0.4, 0.5) is 5.69 Å². The van der Waals surface area contributed by atoms with Crippen LogP contribution in [0.15, 0.2) is 23.9 Å². The number of hydrogen-bond donors (Lipinski definition) is 2. The van der Waals surface area contributed by atoms with Gasteiger partial charge in [-0.05, 0) is 35.3 Å². The molecule has 0 bridgehead atoms. The molecule has 1 aromatic rings. The lowest BCUT2D eigenvalue weighted by atomic mass is 9.98. The Bertz CT molecular complexity index is 548. The van der Waals surface area contributed by atoms with Crippen molar-refractivity contribution in [3.05, 3.63) is 35.0 Å². The van der Waals surface area contributed by atoms with Gasteiger partial charge in [-0.25, -0.2) is 4.79 Å². The Morgan fingerprint density at radius 2 is 2.00 bits per heavy atom. The second kappa shape index (κ2) is 6.75. The summed E-state index contributed by atoms with van der Waals surface area (Å²) in [6.45, 7) is 5.40. The van der Waals surface area contributed by atoms with Crippen molar-refractivity contribution >= 4 is 23.6 Å². The predicted octanol–water partition coefficient (Wildman–Crippen LogP) is 2.04. The van der Waals surface area contributed by atoms with E-state index in [1.165, 1.54) is 14.0 Å². The fourth-order valence-corrected chi connectivity index (χ4v) is 1.80. The van der Waals surface area contributed by atoms with Crippen molar-refractivity contribution in [3.8, 4) is 0 Å². The van der Waals surface area contributed by atoms with Crippen LogP contribution in [0.2, 0.25) is 0 Å². The number of carbonyl (C=O) groups is 2. The molecule has 1 amide bonds. The van der Waals surface area contributed by atoms with Gasteiger partial charge in [0.25, 0.3) is 0 Å². The molecule has 0 saturated carbocycles. The molecule has 0 unspecified atom stereocenters. The van der Waals surface area contributed by atoms with Crippen LogP contribution in [0.1, 0.15) is 37.8 Å². The number of nitrogens with two attached hydrogens (primary N) is 1. The fourth-order valence-electron chi connectivity index (χ4n) is 1.80. The lowest BCUT2D eigenvalue weighted by Gasteiger charge is -2.11. The molecule has 0 aliphatic heterocycles. The molecule has 0 radical (unpaired) electrons. The highest BCUT2D eigenvalue weighted by Gasteiger charge is 2.12. The zero-order chi connectivity index (χ0) is 15.3. The van der Waals surface area contributed by atoms with E-state index in [2.05, 4.69) is 10.1 Å². The number of esters is 1. The van der Waals surface area contributed by atoms with Crippen LogP contribution in [0, 0.1) is 0 Å². The third kappa shape index (κ3) is 4.12. The van der Waals surface area contributed by atoms with Crippen molar-refractivity contribution in [2.24, 2.45) is 0 Å². The van der Waals surface area contributed by atoms with Gasteiger partial charge in [-0.3, -0.25) is 4.79 Å². The first-order chi connectivity index (χ1) is 9.35. The molecule has 0 aliphatic carbocycles. The molecule has 5 nitrogen and oxygen atoms in total. The number of amides is 1. The molecule has 108 valence electrons. The minimum absolute atomic E-state index is 0.0967. The van der Waals surface area contributed by atoms with Crippen LogP contribution >= 0.6 is 0 Å². The van der Waals surface area contributed by atoms with Gasteiger partial charge >= 0.3 is 5.97 Å². The van der Waals surface area contributed by atoms with E-state index >= 15 is 0 Å². The maximum Gasteiger partial charge on any atom is 0.354 e. The predicted molar refractivity (Wildman–Crippen MR) is 78.8 cm³/mol. The summed E-state index contributed by atoms with van der Waals surface area (Å²) >= 11 is 0. The van der Waals surface area contributed by atoms with Crippen LogP contribution < -0.4 is 11.1 Å². The van der Waals surface area contributed by atoms with Crippen molar-refractivity contribution in [2.45, 2.75) is 26.7 Å². The van der Waals surface area contributed by atoms with Gasteiger partial charge in [0, 0.05) is 12.6 Å². The maximum atomic E-state index is 11.6. The largest absolute Gasteiger partial charge is 0.464 e. The maximum absolute atomic E-state index is 11.6. The molecule has 1 rings (SSSR count). The van der Waals surface area contributed by atoms with Gasteiger partial charge in [-0.2, -0.15) is 0 Å². The first kappa shape index (κ1) is 15.8. The molecule has 0 heterocycles. The Labute approximate surface area is 118 Å². The number of nitrogen functional groups attached to an aromatic ring is 1. The van der Waals surface area contributed by atoms with E-state index in [1.807, 2.05) is 19.9 Å². The molecule has 3 N–H and O–H groups in total. The van der Waals surface area contributed by atoms with E-state index in [0.29, 0.717) is 5.69 Å². The molecule has 0 aromatic heterocycles. The van der Waals surface area contributed by atoms with Crippen LogP contribution in [0.5, 0.6) is 0 Å². The zero-order valence-corrected chi connectivity index (χ0v) is 12.2. The average Bonchev–Trinajstić information content (AvgIpc) is 2.38. The number of carbonyl (C=O) groups excluding carboxylic acids is 2. The first-order valence-electron chi connectivity index (χ1n) is 6.32. The summed E-state index contributed by atoms with van der Waals surface area (Å²) in [6, 6.07) is 5.46. The fraction of sp³-hybridized carbons (Fsp3) is 0.333. The van der Waals surface area contributed by atoms with E-state index in [0.717, 1.165) is 11.1 Å². The molecule has 1 aromatic carbocycles. The quantitative estimate of drug-likeness (QED) is 0.501. The zero-order valence-electron chi connectivity index (χ0n) is 12.2. The van der Waals surface area contributed by atoms with E-state index in [1.54, 1.807) is 18.2 Å². The van der Waals surface area contributed by atoms with Gasteiger partial charge in [0.2, 0.25) is 5.91 Å². The summed E-state index contributed by atoms with van der Waals surface area (Å²) in [4.78, 5) is 22.7. The lowest BCUT2D eigenvalue weighted by Crippen LogP contribution is -2.25. The topological polar surface area (TPSA) is 81.4 Å². The molecule has 5 heteroatoms. The summed E-state index contributed by atoms with van der Waals surface area (Å²) in [5.74, 6) is -0.657. The molecule has 0 aliphatic rings. The third-order valence-corrected chi connectivity index (χ3v) is 2.76. The van der Waals surface area contributed by atoms with Crippen molar-refractivity contribution in [1.29, 1.82) is 0 Å². The van der Waals surface area contributed by atoms with Crippen LogP contribution in [-0.4, -0.2) is 19.0 Å². The number of ether oxygens (including phenoxy) is 1. The van der Waals surface area contributed by atoms with Crippen LogP contribution in [0.3, 0.4) is 0 Å². The number of nitrogens with one attached hydrogen (secondary N) is 1. The van der Waals surface area contributed by atoms with Crippen LogP contribution in [-0.2, 0) is 14.3 Å². The number of hydrogen-bond acceptors (Lipinski definition) is 4. The van der Waals surface area contributed by atoms with Gasteiger partial charge in [0.1, 0.15) is 5.70 Å². The summed E-state index contributed by atoms with van der Waals surface area (Å²) in [6.07, 6.45) is 1.57. The highest BCUT2D eigenvalue weighted by molar-refractivity contribution is 5.97. The molecule has 0 saturated heterocycles. The number of rotatable bonds is 4. The van der Waals surface area contributed by atoms with Gasteiger partial charge in [0.05, 0.1) is 7.11 Å². The van der Waals surface area contributed by atoms with Crippen molar-refractivity contribution in [1.82, 2.24) is 5.32 Å². The van der Waals surface area contributed by atoms with E-state index in [4.69, 9.17) is 5.73 Å². The Balaban J connectivity index is 3.20. The monoisotopic (exact) mass is 276 g/mol. The van der Waals surface area contributed by atoms with Crippen LogP contribution in [0.25, 0.3) is 6.08 Å². The molecule has 0 fully saturated rings. The second-order valence-electron chi connectivity index (χ2n) is 4.77. The number of methoxy groups -OCH3 is 1. The third-order valence-electron chi connectivity index (χ3n) is 2.76. The Kier molecular flexibility index (Phi) is 5.32. The summed E-state index contributed by atoms with van der Waals surface area (Å²) < 4.78 is 4.64. The van der Waals surface area contributed by atoms with E-state index in [9.17, 15) is 9.59 Å². The van der Waals surface area contributed by atoms with E-state index in [-0.39, 0.29) is 17.5 Å². The first-order valence-corrected chi connectivity index (χ1v) is 6.32. The number of benzene rings is 1. The Morgan fingerprint density at radius 3 is 2.50 bits per heavy atom. The highest BCUT2D eigenvalue weighted by atomic mass is 16.5. The SMILES string of the molecule is COC(=O)/C(=C/c1ccc(N)c(C(C)C)c1)NC(C)=O. The van der Waals surface area contributed by atoms with Gasteiger partial charge in [-0.1, -0.05) is 19.9 Å². The molecular formula is C15H20N2O3. The Morgan fingerprint density at radius 1 is 1.35 bits per heavy atom. The smallest absolute Gasteiger partial charge is 0.354 e. The highest BCUT2D eigenvalue weighted by Crippen LogP contribution is 2.23. The van der Waals surface area contributed by atoms with Crippen molar-refractivity contribution in [2.75, 3.05) is 12.8 Å². The molecular weight excluding hydrogens is 256 g/mol. The minimum Gasteiger partial charge on any atom is -0.464 e. The average molecular weight is 276 g/mol. The van der Waals surface area contributed by atoms with E-state index < -0.39 is 5.97 Å². The Hall–Kier alpha value is -2.30. The van der Waals surface area contributed by atoms with Gasteiger partial charge < -0.3 is 15.8 Å². The van der Waals surface area contributed by atoms with Crippen molar-refractivity contribution < 1.29 is 14.3 Å². The van der Waals surface area contributed by atoms with Gasteiger partial charge in [0.15, 0.2) is 0 Å². The molecule has 20 heavy (non-hydrogen) atoms. The lowest BCUT2D eigenvalue weighted by molar-refractivity contribution is -0.137.